The fraction of sp³-hybridized carbons (Fsp3) is 0.300. The number of hydrogen-bond donors (Lipinski definition) is 2. The summed E-state index contributed by atoms with van der Waals surface area (Å²) in [6, 6.07) is 13.1. The van der Waals surface area contributed by atoms with Gasteiger partial charge < -0.3 is 15.4 Å². The zero-order valence-corrected chi connectivity index (χ0v) is 15.2. The number of amides is 1. The van der Waals surface area contributed by atoms with Gasteiger partial charge in [-0.25, -0.2) is 4.79 Å². The summed E-state index contributed by atoms with van der Waals surface area (Å²) in [7, 11) is 0. The third-order valence-electron chi connectivity index (χ3n) is 4.54. The van der Waals surface area contributed by atoms with Crippen LogP contribution >= 0.6 is 0 Å². The number of nitrogens with zero attached hydrogens (tertiary/aromatic N) is 1. The maximum absolute atomic E-state index is 12.2. The first-order valence-electron chi connectivity index (χ1n) is 9.10. The fourth-order valence-corrected chi connectivity index (χ4v) is 3.15. The lowest BCUT2D eigenvalue weighted by Gasteiger charge is -2.12. The van der Waals surface area contributed by atoms with E-state index in [4.69, 9.17) is 4.74 Å². The van der Waals surface area contributed by atoms with E-state index in [-0.39, 0.29) is 28.9 Å². The molecular weight excluding hydrogens is 362 g/mol. The molecule has 0 spiro atoms. The Hall–Kier alpha value is -3.42. The maximum atomic E-state index is 12.2. The lowest BCUT2D eigenvalue weighted by molar-refractivity contribution is -0.383. The number of nitro groups is 1. The van der Waals surface area contributed by atoms with E-state index in [1.807, 2.05) is 6.07 Å². The van der Waals surface area contributed by atoms with Crippen molar-refractivity contribution in [1.82, 2.24) is 5.32 Å². The normalized spacial score (nSPS) is 13.7. The van der Waals surface area contributed by atoms with Crippen LogP contribution < -0.4 is 10.6 Å². The van der Waals surface area contributed by atoms with Crippen LogP contribution in [-0.2, 0) is 9.53 Å². The predicted molar refractivity (Wildman–Crippen MR) is 104 cm³/mol. The molecule has 0 heterocycles. The fourth-order valence-electron chi connectivity index (χ4n) is 3.15. The highest BCUT2D eigenvalue weighted by atomic mass is 16.6. The van der Waals surface area contributed by atoms with E-state index >= 15 is 0 Å². The molecule has 8 nitrogen and oxygen atoms in total. The Balaban J connectivity index is 1.64. The molecule has 1 fully saturated rings. The predicted octanol–water partition coefficient (Wildman–Crippen LogP) is 3.55. The molecule has 3 rings (SSSR count). The summed E-state index contributed by atoms with van der Waals surface area (Å²) in [5, 5.41) is 17.2. The monoisotopic (exact) mass is 383 g/mol. The Labute approximate surface area is 162 Å². The minimum Gasteiger partial charge on any atom is -0.452 e. The Morgan fingerprint density at radius 3 is 2.50 bits per heavy atom. The van der Waals surface area contributed by atoms with Gasteiger partial charge in [-0.1, -0.05) is 31.0 Å². The molecule has 146 valence electrons. The van der Waals surface area contributed by atoms with Gasteiger partial charge in [0.15, 0.2) is 6.61 Å². The summed E-state index contributed by atoms with van der Waals surface area (Å²) >= 11 is 0. The van der Waals surface area contributed by atoms with Gasteiger partial charge in [-0.2, -0.15) is 0 Å². The molecule has 8 heteroatoms. The van der Waals surface area contributed by atoms with Crippen LogP contribution in [0.2, 0.25) is 0 Å². The first-order chi connectivity index (χ1) is 13.5. The van der Waals surface area contributed by atoms with Crippen molar-refractivity contribution in [1.29, 1.82) is 0 Å². The van der Waals surface area contributed by atoms with Crippen LogP contribution in [0, 0.1) is 10.1 Å². The van der Waals surface area contributed by atoms with Gasteiger partial charge in [0.25, 0.3) is 11.6 Å². The number of benzene rings is 2. The number of nitrogens with one attached hydrogen (secondary N) is 2. The maximum Gasteiger partial charge on any atom is 0.338 e. The van der Waals surface area contributed by atoms with Gasteiger partial charge in [0.2, 0.25) is 0 Å². The molecule has 0 aliphatic heterocycles. The number of rotatable bonds is 7. The van der Waals surface area contributed by atoms with Crippen LogP contribution in [0.1, 0.15) is 36.0 Å². The highest BCUT2D eigenvalue weighted by molar-refractivity contribution is 5.93. The number of esters is 1. The number of carbonyl (C=O) groups excluding carboxylic acids is 2. The van der Waals surface area contributed by atoms with Gasteiger partial charge in [-0.05, 0) is 37.1 Å². The van der Waals surface area contributed by atoms with E-state index < -0.39 is 17.5 Å². The van der Waals surface area contributed by atoms with Gasteiger partial charge in [0.05, 0.1) is 10.5 Å². The van der Waals surface area contributed by atoms with Crippen molar-refractivity contribution in [2.45, 2.75) is 31.7 Å². The molecule has 0 aromatic heterocycles. The molecule has 2 N–H and O–H groups in total. The summed E-state index contributed by atoms with van der Waals surface area (Å²) in [6.07, 6.45) is 4.03. The van der Waals surface area contributed by atoms with Crippen molar-refractivity contribution in [2.24, 2.45) is 0 Å². The highest BCUT2D eigenvalue weighted by Crippen LogP contribution is 2.29. The van der Waals surface area contributed by atoms with Crippen molar-refractivity contribution in [3.63, 3.8) is 0 Å². The van der Waals surface area contributed by atoms with Gasteiger partial charge in [-0.15, -0.1) is 0 Å². The van der Waals surface area contributed by atoms with Crippen LogP contribution in [0.5, 0.6) is 0 Å². The SMILES string of the molecule is O=C(COC(=O)c1ccc(Nc2ccccc2)c([N+](=O)[O-])c1)NC1CCCC1. The van der Waals surface area contributed by atoms with Gasteiger partial charge in [0, 0.05) is 17.8 Å². The second kappa shape index (κ2) is 8.98. The standard InChI is InChI=1S/C20H21N3O5/c24-19(22-16-8-4-5-9-16)13-28-20(25)14-10-11-17(18(12-14)23(26)27)21-15-6-2-1-3-7-15/h1-3,6-7,10-12,16,21H,4-5,8-9,13H2,(H,22,24). The van der Waals surface area contributed by atoms with Crippen LogP contribution in [0.25, 0.3) is 0 Å². The smallest absolute Gasteiger partial charge is 0.338 e. The molecular formula is C20H21N3O5. The van der Waals surface area contributed by atoms with Gasteiger partial charge in [-0.3, -0.25) is 14.9 Å². The quantitative estimate of drug-likeness (QED) is 0.430. The molecule has 1 aliphatic rings. The molecule has 0 saturated heterocycles. The summed E-state index contributed by atoms with van der Waals surface area (Å²) in [4.78, 5) is 34.9. The van der Waals surface area contributed by atoms with Crippen LogP contribution in [0.15, 0.2) is 48.5 Å². The first kappa shape index (κ1) is 19.3. The van der Waals surface area contributed by atoms with Crippen LogP contribution in [-0.4, -0.2) is 29.4 Å². The number of nitro benzene ring substituents is 1. The summed E-state index contributed by atoms with van der Waals surface area (Å²) in [6.45, 7) is -0.410. The average Bonchev–Trinajstić information content (AvgIpc) is 3.20. The van der Waals surface area contributed by atoms with Crippen molar-refractivity contribution < 1.29 is 19.2 Å². The van der Waals surface area contributed by atoms with Crippen molar-refractivity contribution >= 4 is 28.9 Å². The van der Waals surface area contributed by atoms with E-state index in [0.29, 0.717) is 5.69 Å². The topological polar surface area (TPSA) is 111 Å². The molecule has 0 bridgehead atoms. The first-order valence-corrected chi connectivity index (χ1v) is 9.10. The van der Waals surface area contributed by atoms with Crippen molar-refractivity contribution in [3.05, 3.63) is 64.2 Å². The molecule has 2 aromatic rings. The second-order valence-corrected chi connectivity index (χ2v) is 6.61. The molecule has 2 aromatic carbocycles. The lowest BCUT2D eigenvalue weighted by atomic mass is 10.1. The lowest BCUT2D eigenvalue weighted by Crippen LogP contribution is -2.35. The summed E-state index contributed by atoms with van der Waals surface area (Å²) in [5.74, 6) is -1.15. The van der Waals surface area contributed by atoms with E-state index in [1.165, 1.54) is 12.1 Å². The summed E-state index contributed by atoms with van der Waals surface area (Å²) < 4.78 is 5.00. The van der Waals surface area contributed by atoms with Crippen LogP contribution in [0.4, 0.5) is 17.1 Å². The van der Waals surface area contributed by atoms with Crippen LogP contribution in [0.3, 0.4) is 0 Å². The Morgan fingerprint density at radius 2 is 1.82 bits per heavy atom. The molecule has 28 heavy (non-hydrogen) atoms. The van der Waals surface area contributed by atoms with E-state index in [1.54, 1.807) is 24.3 Å². The van der Waals surface area contributed by atoms with Gasteiger partial charge in [0.1, 0.15) is 5.69 Å². The second-order valence-electron chi connectivity index (χ2n) is 6.61. The Morgan fingerprint density at radius 1 is 1.11 bits per heavy atom. The number of anilines is 2. The molecule has 0 atom stereocenters. The number of hydrogen-bond acceptors (Lipinski definition) is 6. The molecule has 1 saturated carbocycles. The zero-order chi connectivity index (χ0) is 19.9. The third-order valence-corrected chi connectivity index (χ3v) is 4.54. The van der Waals surface area contributed by atoms with Crippen molar-refractivity contribution in [2.75, 3.05) is 11.9 Å². The molecule has 1 amide bonds. The Bertz CT molecular complexity index is 863. The Kier molecular flexibility index (Phi) is 6.21. The van der Waals surface area contributed by atoms with Gasteiger partial charge >= 0.3 is 5.97 Å². The van der Waals surface area contributed by atoms with E-state index in [9.17, 15) is 19.7 Å². The number of carbonyl (C=O) groups is 2. The molecule has 0 unspecified atom stereocenters. The van der Waals surface area contributed by atoms with Crippen molar-refractivity contribution in [3.8, 4) is 0 Å². The highest BCUT2D eigenvalue weighted by Gasteiger charge is 2.21. The largest absolute Gasteiger partial charge is 0.452 e. The number of ether oxygens (including phenoxy) is 1. The molecule has 0 radical (unpaired) electrons. The number of para-hydroxylation sites is 1. The average molecular weight is 383 g/mol. The minimum atomic E-state index is -0.782. The van der Waals surface area contributed by atoms with E-state index in [0.717, 1.165) is 31.7 Å². The third kappa shape index (κ3) is 5.06. The minimum absolute atomic E-state index is 0.0129. The van der Waals surface area contributed by atoms with E-state index in [2.05, 4.69) is 10.6 Å². The zero-order valence-electron chi connectivity index (χ0n) is 15.2. The molecule has 1 aliphatic carbocycles. The summed E-state index contributed by atoms with van der Waals surface area (Å²) in [5.41, 5.74) is 0.698.